The molecule has 1 N–H and O–H groups in total. The molecule has 0 spiro atoms. The Bertz CT molecular complexity index is 1150. The first kappa shape index (κ1) is 23.0. The van der Waals surface area contributed by atoms with Crippen LogP contribution < -0.4 is 9.64 Å². The van der Waals surface area contributed by atoms with Crippen molar-refractivity contribution in [3.63, 3.8) is 0 Å². The number of aliphatic hydroxyl groups is 1. The minimum atomic E-state index is -0.974. The van der Waals surface area contributed by atoms with Crippen LogP contribution in [0, 0.1) is 6.92 Å². The molecule has 2 fully saturated rings. The van der Waals surface area contributed by atoms with Gasteiger partial charge in [-0.2, -0.15) is 15.1 Å². The largest absolute Gasteiger partial charge is 0.467 e. The van der Waals surface area contributed by atoms with Crippen LogP contribution in [0.1, 0.15) is 42.7 Å². The molecule has 3 aromatic rings. The Balaban J connectivity index is 1.52. The van der Waals surface area contributed by atoms with Crippen molar-refractivity contribution >= 4 is 16.7 Å². The van der Waals surface area contributed by atoms with E-state index in [9.17, 15) is 5.11 Å². The number of halogens is 1. The average Bonchev–Trinajstić information content (AvgIpc) is 3.27. The number of rotatable bonds is 6. The van der Waals surface area contributed by atoms with Crippen molar-refractivity contribution in [2.45, 2.75) is 44.7 Å². The molecule has 0 saturated carbocycles. The lowest BCUT2D eigenvalue weighted by atomic mass is 9.85. The second-order valence-electron chi connectivity index (χ2n) is 9.38. The molecule has 0 amide bonds. The smallest absolute Gasteiger partial charge is 0.320 e. The van der Waals surface area contributed by atoms with Crippen molar-refractivity contribution in [3.05, 3.63) is 35.5 Å². The Morgan fingerprint density at radius 1 is 1.09 bits per heavy atom. The van der Waals surface area contributed by atoms with E-state index >= 15 is 4.39 Å². The van der Waals surface area contributed by atoms with Crippen LogP contribution in [0.4, 0.5) is 10.2 Å². The first-order valence-corrected chi connectivity index (χ1v) is 12.2. The highest BCUT2D eigenvalue weighted by molar-refractivity contribution is 5.82. The third-order valence-corrected chi connectivity index (χ3v) is 7.16. The zero-order chi connectivity index (χ0) is 23.7. The zero-order valence-electron chi connectivity index (χ0n) is 20.0. The molecule has 34 heavy (non-hydrogen) atoms. The van der Waals surface area contributed by atoms with E-state index in [0.717, 1.165) is 66.7 Å². The van der Waals surface area contributed by atoms with E-state index in [1.54, 1.807) is 7.11 Å². The molecule has 2 saturated heterocycles. The number of ether oxygens (including phenoxy) is 1. The first-order valence-electron chi connectivity index (χ1n) is 12.2. The summed E-state index contributed by atoms with van der Waals surface area (Å²) < 4.78 is 22.4. The molecule has 0 radical (unpaired) electrons. The van der Waals surface area contributed by atoms with Gasteiger partial charge in [0.25, 0.3) is 0 Å². The van der Waals surface area contributed by atoms with E-state index in [1.165, 1.54) is 6.42 Å². The van der Waals surface area contributed by atoms with Gasteiger partial charge in [0, 0.05) is 43.5 Å². The van der Waals surface area contributed by atoms with Gasteiger partial charge in [0.05, 0.1) is 25.4 Å². The highest BCUT2D eigenvalue weighted by Gasteiger charge is 2.31. The van der Waals surface area contributed by atoms with Gasteiger partial charge in [0.1, 0.15) is 12.0 Å². The van der Waals surface area contributed by atoms with Gasteiger partial charge < -0.3 is 14.7 Å². The molecule has 8 nitrogen and oxygen atoms in total. The third kappa shape index (κ3) is 4.46. The lowest BCUT2D eigenvalue weighted by molar-refractivity contribution is 0.0994. The molecular formula is C25H33FN6O2. The number of likely N-dealkylation sites (tertiary alicyclic amines) is 1. The zero-order valence-corrected chi connectivity index (χ0v) is 20.0. The number of aryl methyl sites for hydroxylation is 1. The SMILES string of the molecule is COc1nc(N2CCCCC2)cc(-n2ncc3cc(C)c(C4CCN(CCO)CC4F)cc32)n1. The summed E-state index contributed by atoms with van der Waals surface area (Å²) in [5, 5.41) is 14.8. The van der Waals surface area contributed by atoms with Crippen molar-refractivity contribution in [3.8, 4) is 11.8 Å². The molecule has 2 unspecified atom stereocenters. The van der Waals surface area contributed by atoms with Gasteiger partial charge in [0.15, 0.2) is 5.82 Å². The van der Waals surface area contributed by atoms with Gasteiger partial charge in [-0.3, -0.25) is 4.90 Å². The van der Waals surface area contributed by atoms with Crippen LogP contribution in [-0.4, -0.2) is 82.4 Å². The number of benzene rings is 1. The number of piperidine rings is 2. The van der Waals surface area contributed by atoms with Crippen LogP contribution in [0.25, 0.3) is 16.7 Å². The van der Waals surface area contributed by atoms with Gasteiger partial charge in [-0.05, 0) is 62.4 Å². The highest BCUT2D eigenvalue weighted by atomic mass is 19.1. The first-order chi connectivity index (χ1) is 16.6. The average molecular weight is 469 g/mol. The predicted molar refractivity (Wildman–Crippen MR) is 130 cm³/mol. The summed E-state index contributed by atoms with van der Waals surface area (Å²) in [5.41, 5.74) is 2.99. The number of hydrogen-bond donors (Lipinski definition) is 1. The highest BCUT2D eigenvalue weighted by Crippen LogP contribution is 2.35. The van der Waals surface area contributed by atoms with Crippen molar-refractivity contribution < 1.29 is 14.2 Å². The fourth-order valence-corrected chi connectivity index (χ4v) is 5.33. The van der Waals surface area contributed by atoms with E-state index < -0.39 is 6.17 Å². The van der Waals surface area contributed by atoms with Crippen molar-refractivity contribution in [1.82, 2.24) is 24.6 Å². The summed E-state index contributed by atoms with van der Waals surface area (Å²) >= 11 is 0. The molecular weight excluding hydrogens is 435 g/mol. The molecule has 1 aromatic carbocycles. The maximum atomic E-state index is 15.2. The Morgan fingerprint density at radius 3 is 2.62 bits per heavy atom. The number of fused-ring (bicyclic) bond motifs is 1. The predicted octanol–water partition coefficient (Wildman–Crippen LogP) is 3.24. The van der Waals surface area contributed by atoms with Gasteiger partial charge in [-0.1, -0.05) is 0 Å². The normalized spacial score (nSPS) is 21.8. The quantitative estimate of drug-likeness (QED) is 0.595. The molecule has 182 valence electrons. The Kier molecular flexibility index (Phi) is 6.65. The number of nitrogens with zero attached hydrogens (tertiary/aromatic N) is 6. The van der Waals surface area contributed by atoms with Crippen molar-refractivity contribution in [2.75, 3.05) is 51.3 Å². The van der Waals surface area contributed by atoms with Crippen LogP contribution >= 0.6 is 0 Å². The van der Waals surface area contributed by atoms with Gasteiger partial charge in [-0.25, -0.2) is 9.07 Å². The van der Waals surface area contributed by atoms with E-state index in [4.69, 9.17) is 4.74 Å². The maximum absolute atomic E-state index is 15.2. The topological polar surface area (TPSA) is 79.5 Å². The van der Waals surface area contributed by atoms with Crippen molar-refractivity contribution in [2.24, 2.45) is 0 Å². The number of methoxy groups -OCH3 is 1. The fourth-order valence-electron chi connectivity index (χ4n) is 5.33. The fraction of sp³-hybridized carbons (Fsp3) is 0.560. The lowest BCUT2D eigenvalue weighted by Crippen LogP contribution is -2.42. The van der Waals surface area contributed by atoms with E-state index in [-0.39, 0.29) is 12.5 Å². The Morgan fingerprint density at radius 2 is 1.88 bits per heavy atom. The summed E-state index contributed by atoms with van der Waals surface area (Å²) in [6.45, 7) is 5.69. The monoisotopic (exact) mass is 468 g/mol. The molecule has 4 heterocycles. The lowest BCUT2D eigenvalue weighted by Gasteiger charge is -2.35. The van der Waals surface area contributed by atoms with E-state index in [0.29, 0.717) is 24.9 Å². The van der Waals surface area contributed by atoms with Crippen LogP contribution in [-0.2, 0) is 0 Å². The molecule has 5 rings (SSSR count). The van der Waals surface area contributed by atoms with Crippen LogP contribution in [0.2, 0.25) is 0 Å². The van der Waals surface area contributed by atoms with Gasteiger partial charge in [0.2, 0.25) is 0 Å². The molecule has 0 aliphatic carbocycles. The summed E-state index contributed by atoms with van der Waals surface area (Å²) in [5.74, 6) is 1.32. The van der Waals surface area contributed by atoms with E-state index in [1.807, 2.05) is 28.8 Å². The van der Waals surface area contributed by atoms with Crippen LogP contribution in [0.15, 0.2) is 24.4 Å². The summed E-state index contributed by atoms with van der Waals surface area (Å²) in [7, 11) is 1.58. The molecule has 2 atom stereocenters. The Hall–Kier alpha value is -2.78. The molecule has 2 aliphatic rings. The number of β-amino-alcohol motifs (C(OH)–C–C–N with tert-alkyl or cyclic N) is 1. The number of aromatic nitrogens is 4. The number of anilines is 1. The minimum absolute atomic E-state index is 0.0589. The molecule has 2 aliphatic heterocycles. The second-order valence-corrected chi connectivity index (χ2v) is 9.38. The second kappa shape index (κ2) is 9.84. The maximum Gasteiger partial charge on any atom is 0.320 e. The van der Waals surface area contributed by atoms with Crippen LogP contribution in [0.5, 0.6) is 6.01 Å². The molecule has 2 aromatic heterocycles. The van der Waals surface area contributed by atoms with Gasteiger partial charge in [-0.15, -0.1) is 0 Å². The number of aliphatic hydroxyl groups excluding tert-OH is 1. The standard InChI is InChI=1S/C25H33FN6O2/c1-17-12-18-15-27-32(22(18)13-20(17)19-6-9-30(10-11-33)16-21(19)26)24-14-23(28-25(29-24)34-2)31-7-4-3-5-8-31/h12-15,19,21,33H,3-11,16H2,1-2H3. The van der Waals surface area contributed by atoms with Crippen molar-refractivity contribution in [1.29, 1.82) is 0 Å². The number of hydrogen-bond acceptors (Lipinski definition) is 7. The molecule has 9 heteroatoms. The third-order valence-electron chi connectivity index (χ3n) is 7.16. The summed E-state index contributed by atoms with van der Waals surface area (Å²) in [4.78, 5) is 13.4. The van der Waals surface area contributed by atoms with E-state index in [2.05, 4.69) is 32.1 Å². The molecule has 0 bridgehead atoms. The Labute approximate surface area is 199 Å². The van der Waals surface area contributed by atoms with Crippen LogP contribution in [0.3, 0.4) is 0 Å². The summed E-state index contributed by atoms with van der Waals surface area (Å²) in [6.07, 6.45) is 5.12. The minimum Gasteiger partial charge on any atom is -0.467 e. The number of alkyl halides is 1. The summed E-state index contributed by atoms with van der Waals surface area (Å²) in [6, 6.07) is 6.44. The van der Waals surface area contributed by atoms with Gasteiger partial charge >= 0.3 is 6.01 Å².